The molecular formula is C22H25N3O2S. The smallest absolute Gasteiger partial charge is 0.225 e. The quantitative estimate of drug-likeness (QED) is 0.705. The number of amides is 1. The SMILES string of the molecule is COc1ccccc1CNC(=O)C1CCCN(c2nc3ccc(C)cc3s2)C1. The number of carbonyl (C=O) groups excluding carboxylic acids is 1. The van der Waals surface area contributed by atoms with Crippen LogP contribution in [0.15, 0.2) is 42.5 Å². The Morgan fingerprint density at radius 1 is 1.32 bits per heavy atom. The van der Waals surface area contributed by atoms with E-state index in [1.807, 2.05) is 24.3 Å². The van der Waals surface area contributed by atoms with Crippen molar-refractivity contribution in [1.82, 2.24) is 10.3 Å². The van der Waals surface area contributed by atoms with E-state index >= 15 is 0 Å². The second-order valence-corrected chi connectivity index (χ2v) is 8.29. The van der Waals surface area contributed by atoms with Gasteiger partial charge in [-0.25, -0.2) is 4.98 Å². The van der Waals surface area contributed by atoms with Crippen molar-refractivity contribution in [2.75, 3.05) is 25.1 Å². The molecule has 1 fully saturated rings. The van der Waals surface area contributed by atoms with Gasteiger partial charge in [0, 0.05) is 25.2 Å². The van der Waals surface area contributed by atoms with Crippen LogP contribution < -0.4 is 15.0 Å². The fourth-order valence-electron chi connectivity index (χ4n) is 3.70. The molecule has 1 N–H and O–H groups in total. The minimum Gasteiger partial charge on any atom is -0.496 e. The maximum Gasteiger partial charge on any atom is 0.225 e. The summed E-state index contributed by atoms with van der Waals surface area (Å²) < 4.78 is 6.58. The van der Waals surface area contributed by atoms with E-state index in [0.717, 1.165) is 47.9 Å². The predicted octanol–water partition coefficient (Wildman–Crippen LogP) is 4.15. The first-order valence-corrected chi connectivity index (χ1v) is 10.5. The van der Waals surface area contributed by atoms with Gasteiger partial charge in [-0.2, -0.15) is 0 Å². The second kappa shape index (κ2) is 8.19. The van der Waals surface area contributed by atoms with Crippen molar-refractivity contribution in [1.29, 1.82) is 0 Å². The van der Waals surface area contributed by atoms with Crippen molar-refractivity contribution >= 4 is 32.6 Å². The molecule has 3 aromatic rings. The lowest BCUT2D eigenvalue weighted by Crippen LogP contribution is -2.43. The van der Waals surface area contributed by atoms with Gasteiger partial charge >= 0.3 is 0 Å². The van der Waals surface area contributed by atoms with E-state index in [4.69, 9.17) is 9.72 Å². The molecule has 1 unspecified atom stereocenters. The van der Waals surface area contributed by atoms with E-state index in [2.05, 4.69) is 35.3 Å². The number of carbonyl (C=O) groups is 1. The maximum atomic E-state index is 12.8. The van der Waals surface area contributed by atoms with E-state index in [9.17, 15) is 4.79 Å². The number of nitrogens with zero attached hydrogens (tertiary/aromatic N) is 2. The molecule has 1 aliphatic heterocycles. The molecule has 1 atom stereocenters. The van der Waals surface area contributed by atoms with Crippen molar-refractivity contribution < 1.29 is 9.53 Å². The molecule has 146 valence electrons. The van der Waals surface area contributed by atoms with E-state index in [0.29, 0.717) is 6.54 Å². The average Bonchev–Trinajstić information content (AvgIpc) is 3.15. The Morgan fingerprint density at radius 2 is 2.18 bits per heavy atom. The Balaban J connectivity index is 1.41. The first-order chi connectivity index (χ1) is 13.6. The van der Waals surface area contributed by atoms with Crippen molar-refractivity contribution in [2.45, 2.75) is 26.3 Å². The number of para-hydroxylation sites is 1. The highest BCUT2D eigenvalue weighted by Gasteiger charge is 2.27. The molecule has 0 saturated carbocycles. The summed E-state index contributed by atoms with van der Waals surface area (Å²) in [7, 11) is 1.65. The Hall–Kier alpha value is -2.60. The monoisotopic (exact) mass is 395 g/mol. The van der Waals surface area contributed by atoms with E-state index in [1.54, 1.807) is 18.4 Å². The van der Waals surface area contributed by atoms with Crippen LogP contribution in [0.4, 0.5) is 5.13 Å². The van der Waals surface area contributed by atoms with Crippen LogP contribution in [0.1, 0.15) is 24.0 Å². The number of aryl methyl sites for hydroxylation is 1. The summed E-state index contributed by atoms with van der Waals surface area (Å²) in [6, 6.07) is 14.1. The van der Waals surface area contributed by atoms with E-state index < -0.39 is 0 Å². The van der Waals surface area contributed by atoms with E-state index in [-0.39, 0.29) is 11.8 Å². The van der Waals surface area contributed by atoms with Crippen LogP contribution in [0.25, 0.3) is 10.2 Å². The number of aromatic nitrogens is 1. The molecule has 1 aromatic heterocycles. The van der Waals surface area contributed by atoms with Crippen LogP contribution in [0.3, 0.4) is 0 Å². The number of nitrogens with one attached hydrogen (secondary N) is 1. The lowest BCUT2D eigenvalue weighted by atomic mass is 9.97. The van der Waals surface area contributed by atoms with Gasteiger partial charge in [0.05, 0.1) is 23.2 Å². The molecule has 4 rings (SSSR count). The molecule has 5 nitrogen and oxygen atoms in total. The number of benzene rings is 2. The molecule has 0 aliphatic carbocycles. The topological polar surface area (TPSA) is 54.5 Å². The molecule has 0 bridgehead atoms. The fraction of sp³-hybridized carbons (Fsp3) is 0.364. The molecule has 28 heavy (non-hydrogen) atoms. The second-order valence-electron chi connectivity index (χ2n) is 7.28. The average molecular weight is 396 g/mol. The van der Waals surface area contributed by atoms with Gasteiger partial charge in [0.2, 0.25) is 5.91 Å². The zero-order valence-electron chi connectivity index (χ0n) is 16.3. The van der Waals surface area contributed by atoms with Gasteiger partial charge in [-0.15, -0.1) is 0 Å². The number of rotatable bonds is 5. The summed E-state index contributed by atoms with van der Waals surface area (Å²) in [6.07, 6.45) is 1.92. The number of methoxy groups -OCH3 is 1. The number of hydrogen-bond donors (Lipinski definition) is 1. The van der Waals surface area contributed by atoms with Gasteiger partial charge in [-0.1, -0.05) is 35.6 Å². The first-order valence-electron chi connectivity index (χ1n) is 9.66. The summed E-state index contributed by atoms with van der Waals surface area (Å²) in [5.74, 6) is 0.891. The van der Waals surface area contributed by atoms with Crippen LogP contribution >= 0.6 is 11.3 Å². The van der Waals surface area contributed by atoms with Gasteiger partial charge in [-0.05, 0) is 43.5 Å². The van der Waals surface area contributed by atoms with Crippen molar-refractivity contribution in [3.8, 4) is 5.75 Å². The Bertz CT molecular complexity index is 985. The minimum absolute atomic E-state index is 0.0165. The van der Waals surface area contributed by atoms with Gasteiger partial charge in [-0.3, -0.25) is 4.79 Å². The predicted molar refractivity (Wildman–Crippen MR) is 114 cm³/mol. The highest BCUT2D eigenvalue weighted by molar-refractivity contribution is 7.22. The summed E-state index contributed by atoms with van der Waals surface area (Å²) in [4.78, 5) is 19.8. The third-order valence-electron chi connectivity index (χ3n) is 5.24. The van der Waals surface area contributed by atoms with Gasteiger partial charge in [0.25, 0.3) is 0 Å². The molecular weight excluding hydrogens is 370 g/mol. The lowest BCUT2D eigenvalue weighted by molar-refractivity contribution is -0.125. The van der Waals surface area contributed by atoms with Gasteiger partial charge < -0.3 is 15.0 Å². The highest BCUT2D eigenvalue weighted by atomic mass is 32.1. The number of hydrogen-bond acceptors (Lipinski definition) is 5. The summed E-state index contributed by atoms with van der Waals surface area (Å²) >= 11 is 1.71. The molecule has 6 heteroatoms. The minimum atomic E-state index is -0.0165. The number of fused-ring (bicyclic) bond motifs is 1. The van der Waals surface area contributed by atoms with Crippen LogP contribution in [0, 0.1) is 12.8 Å². The highest BCUT2D eigenvalue weighted by Crippen LogP contribution is 2.32. The summed E-state index contributed by atoms with van der Waals surface area (Å²) in [5.41, 5.74) is 3.27. The first kappa shape index (κ1) is 18.7. The third-order valence-corrected chi connectivity index (χ3v) is 6.32. The normalized spacial score (nSPS) is 16.9. The molecule has 2 heterocycles. The van der Waals surface area contributed by atoms with Crippen molar-refractivity contribution in [3.63, 3.8) is 0 Å². The largest absolute Gasteiger partial charge is 0.496 e. The Kier molecular flexibility index (Phi) is 5.48. The number of anilines is 1. The van der Waals surface area contributed by atoms with Crippen LogP contribution in [-0.4, -0.2) is 31.1 Å². The van der Waals surface area contributed by atoms with Gasteiger partial charge in [0.1, 0.15) is 5.75 Å². The molecule has 1 aliphatic rings. The van der Waals surface area contributed by atoms with Crippen LogP contribution in [-0.2, 0) is 11.3 Å². The van der Waals surface area contributed by atoms with Gasteiger partial charge in [0.15, 0.2) is 5.13 Å². The molecule has 0 spiro atoms. The van der Waals surface area contributed by atoms with Crippen LogP contribution in [0.2, 0.25) is 0 Å². The Labute approximate surface area is 169 Å². The molecule has 2 aromatic carbocycles. The van der Waals surface area contributed by atoms with E-state index in [1.165, 1.54) is 10.3 Å². The van der Waals surface area contributed by atoms with Crippen molar-refractivity contribution in [2.24, 2.45) is 5.92 Å². The number of ether oxygens (including phenoxy) is 1. The summed E-state index contributed by atoms with van der Waals surface area (Å²) in [6.45, 7) is 4.26. The third kappa shape index (κ3) is 3.97. The van der Waals surface area contributed by atoms with Crippen LogP contribution in [0.5, 0.6) is 5.75 Å². The Morgan fingerprint density at radius 3 is 3.04 bits per heavy atom. The zero-order valence-corrected chi connectivity index (χ0v) is 17.1. The van der Waals surface area contributed by atoms with Crippen molar-refractivity contribution in [3.05, 3.63) is 53.6 Å². The summed E-state index contributed by atoms with van der Waals surface area (Å²) in [5, 5.41) is 4.10. The number of piperidine rings is 1. The molecule has 0 radical (unpaired) electrons. The molecule has 1 saturated heterocycles. The molecule has 1 amide bonds. The standard InChI is InChI=1S/C22H25N3O2S/c1-15-9-10-18-20(12-15)28-22(24-18)25-11-5-7-17(14-25)21(26)23-13-16-6-3-4-8-19(16)27-2/h3-4,6,8-10,12,17H,5,7,11,13-14H2,1-2H3,(H,23,26). The fourth-order valence-corrected chi connectivity index (χ4v) is 4.79. The lowest BCUT2D eigenvalue weighted by Gasteiger charge is -2.31. The number of thiazole rings is 1. The zero-order chi connectivity index (χ0) is 19.5. The maximum absolute atomic E-state index is 12.8.